The Morgan fingerprint density at radius 1 is 1.50 bits per heavy atom. The molecule has 1 fully saturated rings. The number of carbonyl (C=O) groups is 1. The van der Waals surface area contributed by atoms with Crippen molar-refractivity contribution >= 4 is 23.2 Å². The Hall–Kier alpha value is -1.89. The van der Waals surface area contributed by atoms with E-state index in [0.29, 0.717) is 5.92 Å². The fourth-order valence-electron chi connectivity index (χ4n) is 2.77. The number of rotatable bonds is 4. The molecule has 1 atom stereocenters. The molecular weight excluding hydrogens is 274 g/mol. The van der Waals surface area contributed by atoms with Crippen LogP contribution in [-0.4, -0.2) is 21.1 Å². The summed E-state index contributed by atoms with van der Waals surface area (Å²) in [5.41, 5.74) is 5.43. The van der Waals surface area contributed by atoms with Crippen LogP contribution in [0.4, 0.5) is 5.95 Å². The number of thiophene rings is 1. The molecule has 0 spiro atoms. The first kappa shape index (κ1) is 13.1. The molecule has 0 aliphatic heterocycles. The Labute approximate surface area is 120 Å². The molecule has 1 aliphatic carbocycles. The minimum absolute atomic E-state index is 0.0522. The zero-order valence-electron chi connectivity index (χ0n) is 11.0. The van der Waals surface area contributed by atoms with Gasteiger partial charge in [0.1, 0.15) is 0 Å². The topological polar surface area (TPSA) is 96.7 Å². The van der Waals surface area contributed by atoms with Gasteiger partial charge in [-0.05, 0) is 30.2 Å². The van der Waals surface area contributed by atoms with Gasteiger partial charge in [-0.25, -0.2) is 0 Å². The molecule has 1 aliphatic rings. The number of hydrogen-bond donors (Lipinski definition) is 3. The number of nitrogens with one attached hydrogen (secondary N) is 2. The summed E-state index contributed by atoms with van der Waals surface area (Å²) >= 11 is 1.67. The Bertz CT molecular complexity index is 573. The summed E-state index contributed by atoms with van der Waals surface area (Å²) in [6, 6.07) is 4.14. The van der Waals surface area contributed by atoms with Crippen LogP contribution < -0.4 is 11.1 Å². The number of aromatic amines is 1. The molecule has 1 unspecified atom stereocenters. The van der Waals surface area contributed by atoms with E-state index < -0.39 is 0 Å². The van der Waals surface area contributed by atoms with Crippen molar-refractivity contribution in [3.05, 3.63) is 28.2 Å². The largest absolute Gasteiger partial charge is 0.366 e. The van der Waals surface area contributed by atoms with Gasteiger partial charge in [-0.3, -0.25) is 9.89 Å². The van der Waals surface area contributed by atoms with Crippen molar-refractivity contribution in [3.8, 4) is 0 Å². The van der Waals surface area contributed by atoms with Crippen molar-refractivity contribution in [2.45, 2.75) is 31.7 Å². The van der Waals surface area contributed by atoms with Gasteiger partial charge >= 0.3 is 0 Å². The smallest absolute Gasteiger partial charge is 0.289 e. The van der Waals surface area contributed by atoms with E-state index >= 15 is 0 Å². The van der Waals surface area contributed by atoms with Crippen molar-refractivity contribution in [1.82, 2.24) is 20.5 Å². The highest BCUT2D eigenvalue weighted by Crippen LogP contribution is 2.37. The molecule has 0 bridgehead atoms. The highest BCUT2D eigenvalue weighted by molar-refractivity contribution is 7.10. The van der Waals surface area contributed by atoms with E-state index in [-0.39, 0.29) is 23.7 Å². The lowest BCUT2D eigenvalue weighted by Gasteiger charge is -2.23. The zero-order valence-corrected chi connectivity index (χ0v) is 11.8. The van der Waals surface area contributed by atoms with Crippen molar-refractivity contribution in [2.24, 2.45) is 5.92 Å². The first-order chi connectivity index (χ1) is 9.74. The van der Waals surface area contributed by atoms with E-state index in [2.05, 4.69) is 26.6 Å². The first-order valence-electron chi connectivity index (χ1n) is 6.76. The summed E-state index contributed by atoms with van der Waals surface area (Å²) < 4.78 is 0. The van der Waals surface area contributed by atoms with Crippen LogP contribution in [0.3, 0.4) is 0 Å². The van der Waals surface area contributed by atoms with Gasteiger partial charge in [-0.1, -0.05) is 18.9 Å². The summed E-state index contributed by atoms with van der Waals surface area (Å²) in [4.78, 5) is 17.3. The summed E-state index contributed by atoms with van der Waals surface area (Å²) in [6.45, 7) is 0. The molecule has 0 aromatic carbocycles. The Morgan fingerprint density at radius 3 is 2.90 bits per heavy atom. The predicted octanol–water partition coefficient (Wildman–Crippen LogP) is 2.11. The quantitative estimate of drug-likeness (QED) is 0.803. The van der Waals surface area contributed by atoms with Crippen molar-refractivity contribution in [1.29, 1.82) is 0 Å². The van der Waals surface area contributed by atoms with Gasteiger partial charge in [0.2, 0.25) is 11.8 Å². The second-order valence-electron chi connectivity index (χ2n) is 5.05. The molecule has 4 N–H and O–H groups in total. The first-order valence-corrected chi connectivity index (χ1v) is 7.64. The van der Waals surface area contributed by atoms with E-state index in [0.717, 1.165) is 12.8 Å². The molecule has 3 rings (SSSR count). The van der Waals surface area contributed by atoms with Gasteiger partial charge in [-0.15, -0.1) is 16.4 Å². The van der Waals surface area contributed by atoms with E-state index in [1.54, 1.807) is 11.3 Å². The van der Waals surface area contributed by atoms with Gasteiger partial charge in [-0.2, -0.15) is 4.98 Å². The number of anilines is 1. The van der Waals surface area contributed by atoms with Crippen LogP contribution in [0.15, 0.2) is 17.5 Å². The Kier molecular flexibility index (Phi) is 3.68. The maximum absolute atomic E-state index is 12.2. The minimum atomic E-state index is -0.250. The third kappa shape index (κ3) is 2.67. The van der Waals surface area contributed by atoms with Crippen molar-refractivity contribution in [3.63, 3.8) is 0 Å². The van der Waals surface area contributed by atoms with Gasteiger partial charge in [0.05, 0.1) is 6.04 Å². The lowest BCUT2D eigenvalue weighted by Crippen LogP contribution is -2.33. The monoisotopic (exact) mass is 291 g/mol. The summed E-state index contributed by atoms with van der Waals surface area (Å²) in [6.07, 6.45) is 4.78. The summed E-state index contributed by atoms with van der Waals surface area (Å²) in [5.74, 6) is 0.503. The van der Waals surface area contributed by atoms with E-state index in [1.807, 2.05) is 11.4 Å². The molecule has 6 nitrogen and oxygen atoms in total. The molecule has 106 valence electrons. The fraction of sp³-hybridized carbons (Fsp3) is 0.462. The number of H-pyrrole nitrogens is 1. The maximum atomic E-state index is 12.2. The summed E-state index contributed by atoms with van der Waals surface area (Å²) in [5, 5.41) is 11.4. The molecule has 2 heterocycles. The van der Waals surface area contributed by atoms with E-state index in [1.165, 1.54) is 17.7 Å². The Balaban J connectivity index is 1.77. The average Bonchev–Trinajstić information content (AvgIpc) is 3.17. The number of aromatic nitrogens is 3. The molecule has 1 amide bonds. The second kappa shape index (κ2) is 5.62. The number of hydrogen-bond acceptors (Lipinski definition) is 5. The second-order valence-corrected chi connectivity index (χ2v) is 6.03. The predicted molar refractivity (Wildman–Crippen MR) is 77.3 cm³/mol. The molecule has 2 aromatic heterocycles. The van der Waals surface area contributed by atoms with Gasteiger partial charge in [0.25, 0.3) is 5.91 Å². The average molecular weight is 291 g/mol. The number of amides is 1. The lowest BCUT2D eigenvalue weighted by molar-refractivity contribution is 0.0912. The number of nitrogens with zero attached hydrogens (tertiary/aromatic N) is 2. The zero-order chi connectivity index (χ0) is 13.9. The molecule has 2 aromatic rings. The highest BCUT2D eigenvalue weighted by Gasteiger charge is 2.29. The SMILES string of the molecule is Nc1n[nH]c(C(=O)NC(c2cccs2)C2CCCC2)n1. The van der Waals surface area contributed by atoms with Crippen LogP contribution in [0.1, 0.15) is 47.2 Å². The number of carbonyl (C=O) groups excluding carboxylic acids is 1. The minimum Gasteiger partial charge on any atom is -0.366 e. The van der Waals surface area contributed by atoms with Gasteiger partial charge < -0.3 is 11.1 Å². The highest BCUT2D eigenvalue weighted by atomic mass is 32.1. The van der Waals surface area contributed by atoms with Crippen molar-refractivity contribution < 1.29 is 4.79 Å². The van der Waals surface area contributed by atoms with E-state index in [4.69, 9.17) is 5.73 Å². The number of nitrogen functional groups attached to an aromatic ring is 1. The van der Waals surface area contributed by atoms with Crippen LogP contribution in [0.25, 0.3) is 0 Å². The third-order valence-corrected chi connectivity index (χ3v) is 4.68. The molecule has 0 saturated heterocycles. The van der Waals surface area contributed by atoms with Crippen molar-refractivity contribution in [2.75, 3.05) is 5.73 Å². The standard InChI is InChI=1S/C13H17N5OS/c14-13-16-11(17-18-13)12(19)15-10(8-4-1-2-5-8)9-6-3-7-20-9/h3,6-8,10H,1-2,4-5H2,(H,15,19)(H3,14,16,17,18). The van der Waals surface area contributed by atoms with Crippen LogP contribution in [0.5, 0.6) is 0 Å². The fourth-order valence-corrected chi connectivity index (χ4v) is 3.64. The van der Waals surface area contributed by atoms with Crippen LogP contribution in [0, 0.1) is 5.92 Å². The Morgan fingerprint density at radius 2 is 2.30 bits per heavy atom. The van der Waals surface area contributed by atoms with Gasteiger partial charge in [0.15, 0.2) is 0 Å². The van der Waals surface area contributed by atoms with Crippen LogP contribution in [-0.2, 0) is 0 Å². The number of nitrogens with two attached hydrogens (primary N) is 1. The molecule has 20 heavy (non-hydrogen) atoms. The molecular formula is C13H17N5OS. The lowest BCUT2D eigenvalue weighted by atomic mass is 9.96. The molecule has 0 radical (unpaired) electrons. The molecule has 1 saturated carbocycles. The van der Waals surface area contributed by atoms with Crippen LogP contribution in [0.2, 0.25) is 0 Å². The van der Waals surface area contributed by atoms with Gasteiger partial charge in [0, 0.05) is 4.88 Å². The maximum Gasteiger partial charge on any atom is 0.289 e. The molecule has 7 heteroatoms. The normalized spacial score (nSPS) is 17.2. The third-order valence-electron chi connectivity index (χ3n) is 3.73. The summed E-state index contributed by atoms with van der Waals surface area (Å²) in [7, 11) is 0. The van der Waals surface area contributed by atoms with E-state index in [9.17, 15) is 4.79 Å². The van der Waals surface area contributed by atoms with Crippen LogP contribution >= 0.6 is 11.3 Å².